The summed E-state index contributed by atoms with van der Waals surface area (Å²) in [5, 5.41) is 19.0. The third-order valence-corrected chi connectivity index (χ3v) is 4.15. The first kappa shape index (κ1) is 12.9. The minimum absolute atomic E-state index is 0.0512. The molecule has 0 atom stereocenters. The zero-order valence-corrected chi connectivity index (χ0v) is 11.6. The van der Waals surface area contributed by atoms with Crippen molar-refractivity contribution in [3.63, 3.8) is 0 Å². The van der Waals surface area contributed by atoms with Gasteiger partial charge >= 0.3 is 0 Å². The van der Waals surface area contributed by atoms with Crippen LogP contribution in [-0.2, 0) is 6.61 Å². The molecular formula is C13H18BrNO2. The zero-order valence-electron chi connectivity index (χ0n) is 9.99. The van der Waals surface area contributed by atoms with Crippen molar-refractivity contribution in [1.82, 2.24) is 0 Å². The maximum atomic E-state index is 9.91. The zero-order chi connectivity index (χ0) is 12.5. The van der Waals surface area contributed by atoms with Gasteiger partial charge in [0.2, 0.25) is 0 Å². The molecule has 2 rings (SSSR count). The standard InChI is InChI=1S/C13H18BrNO2/c1-13(17)4-6-15(7-5-13)11-3-2-10(9-16)12(14)8-11/h2-3,8,16-17H,4-7,9H2,1H3. The van der Waals surface area contributed by atoms with Crippen LogP contribution in [0.2, 0.25) is 0 Å². The lowest BCUT2D eigenvalue weighted by molar-refractivity contribution is 0.0351. The lowest BCUT2D eigenvalue weighted by atomic mass is 9.93. The predicted molar refractivity (Wildman–Crippen MR) is 72.1 cm³/mol. The Labute approximate surface area is 110 Å². The number of hydrogen-bond acceptors (Lipinski definition) is 3. The van der Waals surface area contributed by atoms with Crippen molar-refractivity contribution >= 4 is 21.6 Å². The summed E-state index contributed by atoms with van der Waals surface area (Å²) in [5.74, 6) is 0. The largest absolute Gasteiger partial charge is 0.392 e. The Morgan fingerprint density at radius 1 is 1.35 bits per heavy atom. The number of aliphatic hydroxyl groups excluding tert-OH is 1. The van der Waals surface area contributed by atoms with Crippen molar-refractivity contribution in [2.45, 2.75) is 32.0 Å². The third-order valence-electron chi connectivity index (χ3n) is 3.41. The lowest BCUT2D eigenvalue weighted by Gasteiger charge is -2.37. The van der Waals surface area contributed by atoms with Gasteiger partial charge in [0.1, 0.15) is 0 Å². The molecule has 0 bridgehead atoms. The first-order valence-electron chi connectivity index (χ1n) is 5.88. The van der Waals surface area contributed by atoms with Crippen LogP contribution >= 0.6 is 15.9 Å². The summed E-state index contributed by atoms with van der Waals surface area (Å²) in [7, 11) is 0. The molecule has 17 heavy (non-hydrogen) atoms. The number of hydrogen-bond donors (Lipinski definition) is 2. The van der Waals surface area contributed by atoms with Crippen molar-refractivity contribution in [3.8, 4) is 0 Å². The second kappa shape index (κ2) is 4.96. The van der Waals surface area contributed by atoms with Crippen molar-refractivity contribution in [1.29, 1.82) is 0 Å². The molecule has 1 fully saturated rings. The van der Waals surface area contributed by atoms with E-state index in [4.69, 9.17) is 5.11 Å². The molecule has 1 saturated heterocycles. The minimum Gasteiger partial charge on any atom is -0.392 e. The Bertz CT molecular complexity index is 396. The fourth-order valence-electron chi connectivity index (χ4n) is 2.11. The van der Waals surface area contributed by atoms with E-state index >= 15 is 0 Å². The highest BCUT2D eigenvalue weighted by Crippen LogP contribution is 2.29. The molecule has 0 saturated carbocycles. The average molecular weight is 300 g/mol. The summed E-state index contributed by atoms with van der Waals surface area (Å²) in [6.07, 6.45) is 1.60. The maximum Gasteiger partial charge on any atom is 0.0692 e. The van der Waals surface area contributed by atoms with Gasteiger partial charge in [-0.1, -0.05) is 22.0 Å². The molecule has 1 heterocycles. The topological polar surface area (TPSA) is 43.7 Å². The number of anilines is 1. The number of rotatable bonds is 2. The molecule has 4 heteroatoms. The molecule has 1 aromatic carbocycles. The molecule has 1 aliphatic heterocycles. The van der Waals surface area contributed by atoms with E-state index in [1.54, 1.807) is 0 Å². The predicted octanol–water partition coefficient (Wildman–Crippen LogP) is 2.29. The molecule has 94 valence electrons. The summed E-state index contributed by atoms with van der Waals surface area (Å²) < 4.78 is 0.940. The van der Waals surface area contributed by atoms with Crippen molar-refractivity contribution in [2.75, 3.05) is 18.0 Å². The first-order chi connectivity index (χ1) is 8.02. The van der Waals surface area contributed by atoms with Crippen LogP contribution in [0.1, 0.15) is 25.3 Å². The molecular weight excluding hydrogens is 282 g/mol. The Morgan fingerprint density at radius 3 is 2.53 bits per heavy atom. The highest BCUT2D eigenvalue weighted by atomic mass is 79.9. The molecule has 0 amide bonds. The van der Waals surface area contributed by atoms with Crippen LogP contribution in [0, 0.1) is 0 Å². The van der Waals surface area contributed by atoms with E-state index in [0.717, 1.165) is 41.7 Å². The molecule has 0 aromatic heterocycles. The average Bonchev–Trinajstić information content (AvgIpc) is 2.29. The Kier molecular flexibility index (Phi) is 3.76. The number of piperidine rings is 1. The molecule has 1 aliphatic rings. The van der Waals surface area contributed by atoms with E-state index in [1.807, 2.05) is 25.1 Å². The Balaban J connectivity index is 2.11. The summed E-state index contributed by atoms with van der Waals surface area (Å²) in [6.45, 7) is 3.69. The van der Waals surface area contributed by atoms with Gasteiger partial charge in [-0.25, -0.2) is 0 Å². The van der Waals surface area contributed by atoms with Gasteiger partial charge in [-0.2, -0.15) is 0 Å². The van der Waals surface area contributed by atoms with Gasteiger partial charge in [0.25, 0.3) is 0 Å². The molecule has 0 radical (unpaired) electrons. The molecule has 1 aromatic rings. The van der Waals surface area contributed by atoms with E-state index in [0.29, 0.717) is 0 Å². The first-order valence-corrected chi connectivity index (χ1v) is 6.68. The van der Waals surface area contributed by atoms with Crippen LogP contribution < -0.4 is 4.90 Å². The van der Waals surface area contributed by atoms with Crippen LogP contribution in [0.3, 0.4) is 0 Å². The van der Waals surface area contributed by atoms with Crippen molar-refractivity contribution in [3.05, 3.63) is 28.2 Å². The molecule has 3 nitrogen and oxygen atoms in total. The van der Waals surface area contributed by atoms with E-state index < -0.39 is 5.60 Å². The van der Waals surface area contributed by atoms with Gasteiger partial charge in [0.05, 0.1) is 12.2 Å². The molecule has 0 aliphatic carbocycles. The van der Waals surface area contributed by atoms with E-state index in [9.17, 15) is 5.11 Å². The number of halogens is 1. The SMILES string of the molecule is CC1(O)CCN(c2ccc(CO)c(Br)c2)CC1. The van der Waals surface area contributed by atoms with Crippen LogP contribution in [0.15, 0.2) is 22.7 Å². The summed E-state index contributed by atoms with van der Waals surface area (Å²) in [6, 6.07) is 5.99. The summed E-state index contributed by atoms with van der Waals surface area (Å²) in [5.41, 5.74) is 1.53. The second-order valence-corrected chi connectivity index (χ2v) is 5.77. The Morgan fingerprint density at radius 2 is 2.00 bits per heavy atom. The highest BCUT2D eigenvalue weighted by molar-refractivity contribution is 9.10. The third kappa shape index (κ3) is 3.00. The minimum atomic E-state index is -0.515. The molecule has 0 unspecified atom stereocenters. The normalized spacial score (nSPS) is 19.4. The van der Waals surface area contributed by atoms with Crippen LogP contribution in [0.5, 0.6) is 0 Å². The van der Waals surface area contributed by atoms with E-state index in [-0.39, 0.29) is 6.61 Å². The van der Waals surface area contributed by atoms with Gasteiger partial charge in [0.15, 0.2) is 0 Å². The van der Waals surface area contributed by atoms with Crippen molar-refractivity contribution in [2.24, 2.45) is 0 Å². The fourth-order valence-corrected chi connectivity index (χ4v) is 2.60. The highest BCUT2D eigenvalue weighted by Gasteiger charge is 2.27. The monoisotopic (exact) mass is 299 g/mol. The number of nitrogens with zero attached hydrogens (tertiary/aromatic N) is 1. The number of benzene rings is 1. The summed E-state index contributed by atoms with van der Waals surface area (Å²) in [4.78, 5) is 2.27. The van der Waals surface area contributed by atoms with Crippen LogP contribution in [-0.4, -0.2) is 28.9 Å². The van der Waals surface area contributed by atoms with Gasteiger partial charge in [-0.05, 0) is 37.5 Å². The maximum absolute atomic E-state index is 9.91. The summed E-state index contributed by atoms with van der Waals surface area (Å²) >= 11 is 3.46. The van der Waals surface area contributed by atoms with E-state index in [2.05, 4.69) is 20.8 Å². The Hall–Kier alpha value is -0.580. The smallest absolute Gasteiger partial charge is 0.0692 e. The van der Waals surface area contributed by atoms with Crippen molar-refractivity contribution < 1.29 is 10.2 Å². The lowest BCUT2D eigenvalue weighted by Crippen LogP contribution is -2.42. The van der Waals surface area contributed by atoms with Crippen LogP contribution in [0.25, 0.3) is 0 Å². The fraction of sp³-hybridized carbons (Fsp3) is 0.538. The molecule has 2 N–H and O–H groups in total. The second-order valence-electron chi connectivity index (χ2n) is 4.92. The van der Waals surface area contributed by atoms with Crippen LogP contribution in [0.4, 0.5) is 5.69 Å². The molecule has 0 spiro atoms. The van der Waals surface area contributed by atoms with Gasteiger partial charge in [0, 0.05) is 23.2 Å². The van der Waals surface area contributed by atoms with Gasteiger partial charge < -0.3 is 15.1 Å². The quantitative estimate of drug-likeness (QED) is 0.881. The van der Waals surface area contributed by atoms with Gasteiger partial charge in [-0.15, -0.1) is 0 Å². The van der Waals surface area contributed by atoms with E-state index in [1.165, 1.54) is 0 Å². The van der Waals surface area contributed by atoms with Gasteiger partial charge in [-0.3, -0.25) is 0 Å². The number of aliphatic hydroxyl groups is 2.